The molecule has 26 rings (SSSR count). The molecule has 0 radical (unpaired) electrons. The minimum atomic E-state index is 0.220. The summed E-state index contributed by atoms with van der Waals surface area (Å²) in [5, 5.41) is 7.80. The summed E-state index contributed by atoms with van der Waals surface area (Å²) in [6.07, 6.45) is 7.09. The Hall–Kier alpha value is -17.1. The van der Waals surface area contributed by atoms with E-state index in [9.17, 15) is 0 Å². The molecule has 0 N–H and O–H groups in total. The van der Waals surface area contributed by atoms with Gasteiger partial charge in [0.1, 0.15) is 0 Å². The van der Waals surface area contributed by atoms with Gasteiger partial charge in [-0.3, -0.25) is 0 Å². The fraction of sp³-hybridized carbons (Fsp3) is 0.0152. The van der Waals surface area contributed by atoms with Crippen molar-refractivity contribution in [2.24, 2.45) is 0 Å². The first-order valence-corrected chi connectivity index (χ1v) is 49.1. The van der Waals surface area contributed by atoms with E-state index in [1.54, 1.807) is 0 Å². The minimum Gasteiger partial charge on any atom is -0.311 e. The molecule has 1 aliphatic carbocycles. The third-order valence-corrected chi connectivity index (χ3v) is 30.8. The summed E-state index contributed by atoms with van der Waals surface area (Å²) in [6.45, 7) is 0. The highest BCUT2D eigenvalue weighted by molar-refractivity contribution is 8.00. The molecule has 0 spiro atoms. The SMILES string of the molecule is C1=CC2c3cc(-c4cccc(-c5ccc(-c6ccc(N(c7ccccc7)c7ccc(-c8ccc(-c9ccccc9-n9c%10ccccc%10c%10ccc(-c%11cccc%12c%11sc%11ccccc%11%12)cc%109)cc8)cc7)cc6)cc5)c4)ccc3SC2C(c2ccc3c4ccccc4n(-c4ccccc4-c4ccc(-c5ccc(N(c6ccc(-c7ccccc7)cc6)c6ccc(-c7ccccc7)cc6)cc5)cc4)c3c2)=C1. The van der Waals surface area contributed by atoms with Crippen LogP contribution in [0.3, 0.4) is 0 Å². The molecule has 1 aliphatic heterocycles. The van der Waals surface area contributed by atoms with Crippen molar-refractivity contribution >= 4 is 127 Å². The van der Waals surface area contributed by atoms with Crippen LogP contribution in [0.25, 0.3) is 192 Å². The second kappa shape index (κ2) is 34.7. The van der Waals surface area contributed by atoms with E-state index in [1.807, 2.05) is 23.1 Å². The molecule has 4 heterocycles. The van der Waals surface area contributed by atoms with Crippen LogP contribution in [0, 0.1) is 0 Å². The monoisotopic (exact) mass is 1790 g/mol. The lowest BCUT2D eigenvalue weighted by molar-refractivity contribution is 0.893. The van der Waals surface area contributed by atoms with E-state index in [1.165, 1.54) is 158 Å². The second-order valence-corrected chi connectivity index (χ2v) is 38.3. The molecule has 6 heteroatoms. The summed E-state index contributed by atoms with van der Waals surface area (Å²) in [6, 6.07) is 186. The van der Waals surface area contributed by atoms with Crippen molar-refractivity contribution in [1.82, 2.24) is 9.13 Å². The average Bonchev–Trinajstić information content (AvgIpc) is 1.58. The third-order valence-electron chi connectivity index (χ3n) is 28.2. The van der Waals surface area contributed by atoms with Crippen molar-refractivity contribution in [2.45, 2.75) is 16.1 Å². The highest BCUT2D eigenvalue weighted by Gasteiger charge is 2.37. The number of anilines is 6. The second-order valence-electron chi connectivity index (χ2n) is 36.1. The lowest BCUT2D eigenvalue weighted by atomic mass is 9.84. The first-order chi connectivity index (χ1) is 68.4. The van der Waals surface area contributed by atoms with Gasteiger partial charge in [0.05, 0.1) is 33.4 Å². The zero-order chi connectivity index (χ0) is 91.1. The molecular weight excluding hydrogens is 1710 g/mol. The quantitative estimate of drug-likeness (QED) is 0.0803. The molecule has 0 saturated heterocycles. The normalized spacial score (nSPS) is 13.3. The van der Waals surface area contributed by atoms with Gasteiger partial charge in [0, 0.05) is 103 Å². The van der Waals surface area contributed by atoms with Crippen molar-refractivity contribution in [3.8, 4) is 123 Å². The van der Waals surface area contributed by atoms with E-state index in [2.05, 4.69) is 541 Å². The predicted octanol–water partition coefficient (Wildman–Crippen LogP) is 37.1. The van der Waals surface area contributed by atoms with E-state index in [0.717, 1.165) is 84.4 Å². The van der Waals surface area contributed by atoms with Crippen LogP contribution in [0.5, 0.6) is 0 Å². The smallest absolute Gasteiger partial charge is 0.0547 e. The number of benzene rings is 21. The number of rotatable bonds is 19. The van der Waals surface area contributed by atoms with Gasteiger partial charge < -0.3 is 18.9 Å². The molecule has 138 heavy (non-hydrogen) atoms. The van der Waals surface area contributed by atoms with Gasteiger partial charge in [-0.05, 0) is 250 Å². The summed E-state index contributed by atoms with van der Waals surface area (Å²) in [5.41, 5.74) is 41.3. The number of nitrogens with zero attached hydrogens (tertiary/aromatic N) is 4. The maximum atomic E-state index is 2.50. The van der Waals surface area contributed by atoms with E-state index in [-0.39, 0.29) is 11.2 Å². The van der Waals surface area contributed by atoms with Gasteiger partial charge in [-0.25, -0.2) is 0 Å². The average molecular weight is 1790 g/mol. The van der Waals surface area contributed by atoms with Crippen LogP contribution in [-0.4, -0.2) is 14.4 Å². The number of fused-ring (bicyclic) bond motifs is 12. The summed E-state index contributed by atoms with van der Waals surface area (Å²) in [5.74, 6) is 0.220. The Morgan fingerprint density at radius 2 is 0.536 bits per heavy atom. The zero-order valence-corrected chi connectivity index (χ0v) is 77.0. The highest BCUT2D eigenvalue weighted by Crippen LogP contribution is 2.55. The van der Waals surface area contributed by atoms with E-state index in [4.69, 9.17) is 0 Å². The Bertz CT molecular complexity index is 8760. The van der Waals surface area contributed by atoms with Crippen LogP contribution in [0.4, 0.5) is 34.1 Å². The lowest BCUT2D eigenvalue weighted by Crippen LogP contribution is -2.13. The molecule has 24 aromatic rings. The topological polar surface area (TPSA) is 16.3 Å². The Balaban J connectivity index is 0.431. The summed E-state index contributed by atoms with van der Waals surface area (Å²) >= 11 is 3.89. The molecule has 2 atom stereocenters. The molecular formula is C132H88N4S2. The van der Waals surface area contributed by atoms with E-state index in [0.29, 0.717) is 0 Å². The number of hydrogen-bond acceptors (Lipinski definition) is 4. The van der Waals surface area contributed by atoms with Gasteiger partial charge in [0.15, 0.2) is 0 Å². The van der Waals surface area contributed by atoms with Crippen LogP contribution in [0.2, 0.25) is 0 Å². The fourth-order valence-corrected chi connectivity index (χ4v) is 24.1. The largest absolute Gasteiger partial charge is 0.311 e. The van der Waals surface area contributed by atoms with Crippen LogP contribution >= 0.6 is 23.1 Å². The van der Waals surface area contributed by atoms with Gasteiger partial charge in [-0.1, -0.05) is 388 Å². The van der Waals surface area contributed by atoms with Crippen molar-refractivity contribution in [2.75, 3.05) is 9.80 Å². The zero-order valence-electron chi connectivity index (χ0n) is 75.4. The van der Waals surface area contributed by atoms with E-state index >= 15 is 0 Å². The molecule has 648 valence electrons. The van der Waals surface area contributed by atoms with Gasteiger partial charge in [-0.15, -0.1) is 23.1 Å². The number of hydrogen-bond donors (Lipinski definition) is 0. The van der Waals surface area contributed by atoms with Crippen molar-refractivity contribution < 1.29 is 0 Å². The van der Waals surface area contributed by atoms with Crippen molar-refractivity contribution in [3.05, 3.63) is 533 Å². The maximum Gasteiger partial charge on any atom is 0.0547 e. The molecule has 0 saturated carbocycles. The minimum absolute atomic E-state index is 0.220. The molecule has 21 aromatic carbocycles. The number of thioether (sulfide) groups is 1. The van der Waals surface area contributed by atoms with Crippen molar-refractivity contribution in [3.63, 3.8) is 0 Å². The Labute approximate surface area is 810 Å². The first kappa shape index (κ1) is 81.6. The standard InChI is InChI=1S/C132H88N4S2/c1-4-23-87(24-5-1)92-57-70-108(71-58-92)134(109-72-59-93(60-73-109)88-25-6-2-7-26-88)110-78-65-96(66-79-110)91-51-55-99(56-52-91)112-32-11-16-41-124(112)136-126-43-18-13-34-116(126)118-81-68-104(86-128(118)136)114-37-22-39-121-122-84-102(69-82-130(122)138-132(114)121)101-28-20-27-100(83-101)97-47-45-89(46-48-97)94-61-74-106(75-62-94)133(105-29-8-3-9-30-105)107-76-63-95(64-77-107)90-49-53-98(54-50-90)111-31-10-15-40-123(111)135-125-42-17-12-33-115(125)117-80-67-103(85-127(117)135)113-36-21-38-120-119-35-14-19-44-129(119)137-131(113)120/h1-86,121,132H. The molecule has 0 amide bonds. The summed E-state index contributed by atoms with van der Waals surface area (Å²) in [4.78, 5) is 6.04. The van der Waals surface area contributed by atoms with Gasteiger partial charge >= 0.3 is 0 Å². The lowest BCUT2D eigenvalue weighted by Gasteiger charge is -2.26. The number of allylic oxidation sites excluding steroid dienone is 3. The van der Waals surface area contributed by atoms with Crippen LogP contribution in [0.15, 0.2) is 527 Å². The molecule has 0 fully saturated rings. The van der Waals surface area contributed by atoms with Gasteiger partial charge in [0.2, 0.25) is 0 Å². The Morgan fingerprint density at radius 3 is 1.03 bits per heavy atom. The van der Waals surface area contributed by atoms with Gasteiger partial charge in [0.25, 0.3) is 0 Å². The molecule has 0 bridgehead atoms. The number of aromatic nitrogens is 2. The van der Waals surface area contributed by atoms with E-state index < -0.39 is 0 Å². The molecule has 3 aromatic heterocycles. The van der Waals surface area contributed by atoms with Crippen LogP contribution in [0.1, 0.15) is 17.0 Å². The van der Waals surface area contributed by atoms with Crippen LogP contribution in [-0.2, 0) is 0 Å². The Morgan fingerprint density at radius 1 is 0.210 bits per heavy atom. The number of thiophene rings is 1. The Kier molecular flexibility index (Phi) is 20.5. The first-order valence-electron chi connectivity index (χ1n) is 47.4. The van der Waals surface area contributed by atoms with Crippen molar-refractivity contribution in [1.29, 1.82) is 0 Å². The maximum absolute atomic E-state index is 2.50. The fourth-order valence-electron chi connectivity index (χ4n) is 21.3. The molecule has 4 nitrogen and oxygen atoms in total. The third kappa shape index (κ3) is 14.7. The summed E-state index contributed by atoms with van der Waals surface area (Å²) < 4.78 is 7.62. The molecule has 2 unspecified atom stereocenters. The van der Waals surface area contributed by atoms with Crippen LogP contribution < -0.4 is 9.80 Å². The number of para-hydroxylation sites is 5. The van der Waals surface area contributed by atoms with Gasteiger partial charge in [-0.2, -0.15) is 0 Å². The molecule has 2 aliphatic rings. The highest BCUT2D eigenvalue weighted by atomic mass is 32.2. The summed E-state index contributed by atoms with van der Waals surface area (Å²) in [7, 11) is 0. The predicted molar refractivity (Wildman–Crippen MR) is 588 cm³/mol.